The molecule has 0 atom stereocenters. The van der Waals surface area contributed by atoms with Crippen molar-refractivity contribution in [2.24, 2.45) is 0 Å². The standard InChI is InChI=1S/C16H25NO5.C14H21NO4/c1-14-3-5-15(6-4-14)22-12-11-20-8-7-19-9-10-21-13-16(18)17-2;1-12-3-5-13(6-4-12)19-10-9-17-7-8-18-11-14(16)15-2/h3-6H,7-13H2,1-2H3,(H,17,18);3-6H,7-11H2,1-2H3,(H,15,16). The lowest BCUT2D eigenvalue weighted by Gasteiger charge is -2.08. The number of likely N-dealkylation sites (N-methyl/N-ethyl adjacent to an activating group) is 2. The Kier molecular flexibility index (Phi) is 21.5. The number of amides is 2. The fourth-order valence-electron chi connectivity index (χ4n) is 2.84. The van der Waals surface area contributed by atoms with E-state index in [4.69, 9.17) is 33.2 Å². The van der Waals surface area contributed by atoms with E-state index in [9.17, 15) is 9.59 Å². The number of ether oxygens (including phenoxy) is 7. The third-order valence-electron chi connectivity index (χ3n) is 5.17. The number of rotatable bonds is 21. The van der Waals surface area contributed by atoms with Crippen molar-refractivity contribution in [1.29, 1.82) is 0 Å². The van der Waals surface area contributed by atoms with Crippen molar-refractivity contribution < 1.29 is 42.7 Å². The second-order valence-electron chi connectivity index (χ2n) is 8.61. The number of nitrogens with one attached hydrogen (secondary N) is 2. The first-order chi connectivity index (χ1) is 19.9. The van der Waals surface area contributed by atoms with Crippen molar-refractivity contribution in [3.8, 4) is 11.5 Å². The van der Waals surface area contributed by atoms with Gasteiger partial charge in [-0.25, -0.2) is 0 Å². The average Bonchev–Trinajstić information content (AvgIpc) is 2.99. The molecule has 2 rings (SSSR count). The Bertz CT molecular complexity index is 925. The number of carbonyl (C=O) groups excluding carboxylic acids is 2. The van der Waals surface area contributed by atoms with Crippen LogP contribution in [0.15, 0.2) is 48.5 Å². The predicted molar refractivity (Wildman–Crippen MR) is 156 cm³/mol. The van der Waals surface area contributed by atoms with Gasteiger partial charge in [0, 0.05) is 14.1 Å². The van der Waals surface area contributed by atoms with E-state index in [-0.39, 0.29) is 25.0 Å². The smallest absolute Gasteiger partial charge is 0.245 e. The van der Waals surface area contributed by atoms with Gasteiger partial charge >= 0.3 is 0 Å². The van der Waals surface area contributed by atoms with Gasteiger partial charge in [0.2, 0.25) is 11.8 Å². The molecule has 41 heavy (non-hydrogen) atoms. The van der Waals surface area contributed by atoms with E-state index in [1.165, 1.54) is 11.1 Å². The summed E-state index contributed by atoms with van der Waals surface area (Å²) in [6, 6.07) is 15.8. The average molecular weight is 579 g/mol. The molecule has 0 aromatic heterocycles. The molecular weight excluding hydrogens is 532 g/mol. The van der Waals surface area contributed by atoms with E-state index in [0.29, 0.717) is 66.1 Å². The fraction of sp³-hybridized carbons (Fsp3) is 0.533. The van der Waals surface area contributed by atoms with Crippen LogP contribution in [0.4, 0.5) is 0 Å². The summed E-state index contributed by atoms with van der Waals surface area (Å²) >= 11 is 0. The molecule has 0 heterocycles. The van der Waals surface area contributed by atoms with Gasteiger partial charge in [-0.2, -0.15) is 0 Å². The molecular formula is C30H46N2O9. The van der Waals surface area contributed by atoms with Crippen LogP contribution in [-0.2, 0) is 33.3 Å². The van der Waals surface area contributed by atoms with Gasteiger partial charge in [0.15, 0.2) is 0 Å². The molecule has 0 unspecified atom stereocenters. The summed E-state index contributed by atoms with van der Waals surface area (Å²) in [5, 5.41) is 4.95. The maximum absolute atomic E-state index is 10.9. The molecule has 11 heteroatoms. The van der Waals surface area contributed by atoms with Gasteiger partial charge in [-0.3, -0.25) is 9.59 Å². The highest BCUT2D eigenvalue weighted by Gasteiger charge is 1.99. The zero-order valence-electron chi connectivity index (χ0n) is 24.8. The van der Waals surface area contributed by atoms with Crippen molar-refractivity contribution in [3.05, 3.63) is 59.7 Å². The zero-order chi connectivity index (χ0) is 30.0. The third-order valence-corrected chi connectivity index (χ3v) is 5.17. The lowest BCUT2D eigenvalue weighted by Crippen LogP contribution is -2.24. The Morgan fingerprint density at radius 1 is 0.488 bits per heavy atom. The van der Waals surface area contributed by atoms with Crippen molar-refractivity contribution in [1.82, 2.24) is 10.6 Å². The van der Waals surface area contributed by atoms with Gasteiger partial charge in [-0.05, 0) is 38.1 Å². The molecule has 2 aromatic rings. The van der Waals surface area contributed by atoms with Gasteiger partial charge in [-0.1, -0.05) is 35.4 Å². The van der Waals surface area contributed by atoms with Crippen molar-refractivity contribution in [3.63, 3.8) is 0 Å². The van der Waals surface area contributed by atoms with Crippen LogP contribution in [0.2, 0.25) is 0 Å². The molecule has 11 nitrogen and oxygen atoms in total. The lowest BCUT2D eigenvalue weighted by molar-refractivity contribution is -0.126. The van der Waals surface area contributed by atoms with Crippen LogP contribution in [0.25, 0.3) is 0 Å². The van der Waals surface area contributed by atoms with Gasteiger partial charge in [-0.15, -0.1) is 0 Å². The van der Waals surface area contributed by atoms with Crippen molar-refractivity contribution in [2.75, 3.05) is 93.4 Å². The lowest BCUT2D eigenvalue weighted by atomic mass is 10.2. The van der Waals surface area contributed by atoms with Crippen LogP contribution in [0.3, 0.4) is 0 Å². The van der Waals surface area contributed by atoms with Crippen LogP contribution in [0.5, 0.6) is 11.5 Å². The maximum atomic E-state index is 10.9. The first-order valence-electron chi connectivity index (χ1n) is 13.6. The van der Waals surface area contributed by atoms with Gasteiger partial charge < -0.3 is 43.8 Å². The van der Waals surface area contributed by atoms with E-state index < -0.39 is 0 Å². The fourth-order valence-corrected chi connectivity index (χ4v) is 2.84. The van der Waals surface area contributed by atoms with Crippen LogP contribution in [0.1, 0.15) is 11.1 Å². The van der Waals surface area contributed by atoms with Crippen molar-refractivity contribution in [2.45, 2.75) is 13.8 Å². The van der Waals surface area contributed by atoms with E-state index in [2.05, 4.69) is 10.6 Å². The first-order valence-corrected chi connectivity index (χ1v) is 13.6. The molecule has 0 saturated heterocycles. The highest BCUT2D eigenvalue weighted by molar-refractivity contribution is 5.77. The highest BCUT2D eigenvalue weighted by atomic mass is 16.6. The molecule has 0 aliphatic heterocycles. The normalized spacial score (nSPS) is 10.3. The van der Waals surface area contributed by atoms with Crippen LogP contribution >= 0.6 is 0 Å². The Labute approximate surface area is 243 Å². The monoisotopic (exact) mass is 578 g/mol. The molecule has 230 valence electrons. The number of carbonyl (C=O) groups is 2. The van der Waals surface area contributed by atoms with Gasteiger partial charge in [0.1, 0.15) is 37.9 Å². The summed E-state index contributed by atoms with van der Waals surface area (Å²) in [5.41, 5.74) is 2.41. The summed E-state index contributed by atoms with van der Waals surface area (Å²) in [6.45, 7) is 8.92. The Hall–Kier alpha value is -3.22. The topological polar surface area (TPSA) is 123 Å². The number of hydrogen-bond donors (Lipinski definition) is 2. The highest BCUT2D eigenvalue weighted by Crippen LogP contribution is 2.11. The van der Waals surface area contributed by atoms with Crippen molar-refractivity contribution >= 4 is 11.8 Å². The SMILES string of the molecule is CNC(=O)COCCOCCOCCOc1ccc(C)cc1.CNC(=O)COCCOCCOc1ccc(C)cc1. The Morgan fingerprint density at radius 3 is 1.10 bits per heavy atom. The molecule has 0 radical (unpaired) electrons. The minimum Gasteiger partial charge on any atom is -0.491 e. The molecule has 0 saturated carbocycles. The van der Waals surface area contributed by atoms with E-state index in [1.807, 2.05) is 62.4 Å². The predicted octanol–water partition coefficient (Wildman–Crippen LogP) is 2.32. The van der Waals surface area contributed by atoms with Gasteiger partial charge in [0.05, 0.1) is 52.9 Å². The summed E-state index contributed by atoms with van der Waals surface area (Å²) in [6.07, 6.45) is 0. The second kappa shape index (κ2) is 24.6. The largest absolute Gasteiger partial charge is 0.491 e. The van der Waals surface area contributed by atoms with E-state index >= 15 is 0 Å². The molecule has 0 bridgehead atoms. The quantitative estimate of drug-likeness (QED) is 0.215. The van der Waals surface area contributed by atoms with Crippen LogP contribution in [-0.4, -0.2) is 105 Å². The van der Waals surface area contributed by atoms with E-state index in [1.54, 1.807) is 14.1 Å². The summed E-state index contributed by atoms with van der Waals surface area (Å²) in [5.74, 6) is 1.41. The Balaban J connectivity index is 0.000000414. The number of benzene rings is 2. The molecule has 2 amide bonds. The molecule has 2 aromatic carbocycles. The minimum absolute atomic E-state index is 0.0622. The van der Waals surface area contributed by atoms with E-state index in [0.717, 1.165) is 11.5 Å². The van der Waals surface area contributed by atoms with Crippen LogP contribution in [0, 0.1) is 13.8 Å². The third kappa shape index (κ3) is 21.2. The maximum Gasteiger partial charge on any atom is 0.245 e. The number of hydrogen-bond acceptors (Lipinski definition) is 9. The molecule has 2 N–H and O–H groups in total. The van der Waals surface area contributed by atoms with Gasteiger partial charge in [0.25, 0.3) is 0 Å². The molecule has 0 fully saturated rings. The second-order valence-corrected chi connectivity index (χ2v) is 8.61. The number of aryl methyl sites for hydroxylation is 2. The minimum atomic E-state index is -0.142. The zero-order valence-corrected chi connectivity index (χ0v) is 24.8. The summed E-state index contributed by atoms with van der Waals surface area (Å²) < 4.78 is 37.2. The molecule has 0 aliphatic carbocycles. The van der Waals surface area contributed by atoms with Crippen LogP contribution < -0.4 is 20.1 Å². The summed E-state index contributed by atoms with van der Waals surface area (Å²) in [4.78, 5) is 21.7. The Morgan fingerprint density at radius 2 is 0.780 bits per heavy atom. The molecule has 0 aliphatic rings. The molecule has 0 spiro atoms. The summed E-state index contributed by atoms with van der Waals surface area (Å²) in [7, 11) is 3.15. The first kappa shape index (κ1) is 35.8.